The van der Waals surface area contributed by atoms with E-state index in [1.54, 1.807) is 17.0 Å². The average Bonchev–Trinajstić information content (AvgIpc) is 2.78. The Kier molecular flexibility index (Phi) is 8.75. The Balaban J connectivity index is 1.75. The largest absolute Gasteiger partial charge is 0.493 e. The summed E-state index contributed by atoms with van der Waals surface area (Å²) >= 11 is 6.12. The molecule has 1 atom stereocenters. The molecule has 0 N–H and O–H groups in total. The van der Waals surface area contributed by atoms with Crippen molar-refractivity contribution in [1.82, 2.24) is 14.7 Å². The lowest BCUT2D eigenvalue weighted by atomic mass is 9.77. The van der Waals surface area contributed by atoms with Crippen molar-refractivity contribution in [2.75, 3.05) is 47.4 Å². The van der Waals surface area contributed by atoms with E-state index in [4.69, 9.17) is 16.3 Å². The number of hydrogen-bond donors (Lipinski definition) is 0. The number of carbonyl (C=O) groups is 2. The molecular formula is C26H34ClN3O3. The van der Waals surface area contributed by atoms with Gasteiger partial charge in [-0.15, -0.1) is 0 Å². The Morgan fingerprint density at radius 3 is 2.55 bits per heavy atom. The number of likely N-dealkylation sites (tertiary alicyclic amines) is 1. The van der Waals surface area contributed by atoms with Crippen LogP contribution in [0.5, 0.6) is 5.75 Å². The number of carbonyl (C=O) groups excluding carboxylic acids is 2. The number of nitrogens with zero attached hydrogens (tertiary/aromatic N) is 3. The van der Waals surface area contributed by atoms with Gasteiger partial charge in [0.15, 0.2) is 0 Å². The molecule has 178 valence electrons. The Bertz CT molecular complexity index is 937. The molecule has 2 aromatic rings. The molecule has 1 unspecified atom stereocenters. The van der Waals surface area contributed by atoms with Crippen molar-refractivity contribution in [3.8, 4) is 5.75 Å². The minimum atomic E-state index is -0.454. The molecule has 1 fully saturated rings. The number of rotatable bonds is 9. The fraction of sp³-hybridized carbons (Fsp3) is 0.462. The first-order valence-electron chi connectivity index (χ1n) is 11.4. The molecule has 6 nitrogen and oxygen atoms in total. The van der Waals surface area contributed by atoms with Crippen molar-refractivity contribution in [3.63, 3.8) is 0 Å². The molecule has 7 heteroatoms. The highest BCUT2D eigenvalue weighted by Crippen LogP contribution is 2.35. The molecule has 0 aliphatic carbocycles. The number of halogens is 1. The molecule has 0 saturated carbocycles. The topological polar surface area (TPSA) is 53.1 Å². The lowest BCUT2D eigenvalue weighted by Crippen LogP contribution is -2.52. The van der Waals surface area contributed by atoms with E-state index in [-0.39, 0.29) is 11.8 Å². The molecular weight excluding hydrogens is 438 g/mol. The zero-order valence-electron chi connectivity index (χ0n) is 19.8. The van der Waals surface area contributed by atoms with Gasteiger partial charge in [0.05, 0.1) is 13.2 Å². The van der Waals surface area contributed by atoms with E-state index in [0.29, 0.717) is 50.0 Å². The summed E-state index contributed by atoms with van der Waals surface area (Å²) in [5, 5.41) is 0.603. The maximum atomic E-state index is 13.3. The second-order valence-electron chi connectivity index (χ2n) is 9.31. The summed E-state index contributed by atoms with van der Waals surface area (Å²) in [4.78, 5) is 31.6. The molecule has 0 bridgehead atoms. The van der Waals surface area contributed by atoms with Crippen LogP contribution in [0, 0.1) is 5.41 Å². The number of benzene rings is 2. The van der Waals surface area contributed by atoms with Crippen LogP contribution in [0.15, 0.2) is 54.6 Å². The number of amides is 2. The van der Waals surface area contributed by atoms with E-state index in [2.05, 4.69) is 0 Å². The first kappa shape index (κ1) is 25.1. The van der Waals surface area contributed by atoms with Crippen LogP contribution in [0.1, 0.15) is 24.8 Å². The molecule has 1 saturated heterocycles. The molecule has 2 aromatic carbocycles. The van der Waals surface area contributed by atoms with E-state index in [1.807, 2.05) is 73.4 Å². The summed E-state index contributed by atoms with van der Waals surface area (Å²) in [6, 6.07) is 17.2. The van der Waals surface area contributed by atoms with Crippen molar-refractivity contribution in [2.24, 2.45) is 5.41 Å². The second-order valence-corrected chi connectivity index (χ2v) is 9.75. The Morgan fingerprint density at radius 2 is 1.85 bits per heavy atom. The summed E-state index contributed by atoms with van der Waals surface area (Å²) in [7, 11) is 5.61. The highest BCUT2D eigenvalue weighted by atomic mass is 35.5. The standard InChI is InChI=1S/C26H34ClN3O3/c1-28(2)18-25(32)30-14-8-13-26(19-30,20-33-23-12-7-11-22(27)15-23)16-24(31)29(3)17-21-9-5-4-6-10-21/h4-7,9-12,15H,8,13-14,16-20H2,1-3H3. The molecule has 0 aromatic heterocycles. The first-order valence-corrected chi connectivity index (χ1v) is 11.7. The number of ether oxygens (including phenoxy) is 1. The van der Waals surface area contributed by atoms with Crippen LogP contribution in [0.2, 0.25) is 5.02 Å². The first-order chi connectivity index (χ1) is 15.8. The van der Waals surface area contributed by atoms with Gasteiger partial charge in [-0.2, -0.15) is 0 Å². The van der Waals surface area contributed by atoms with Crippen LogP contribution < -0.4 is 4.74 Å². The molecule has 0 radical (unpaired) electrons. The normalized spacial score (nSPS) is 18.3. The molecule has 0 spiro atoms. The molecule has 1 aliphatic heterocycles. The summed E-state index contributed by atoms with van der Waals surface area (Å²) in [6.07, 6.45) is 1.99. The van der Waals surface area contributed by atoms with Gasteiger partial charge in [0, 0.05) is 43.5 Å². The lowest BCUT2D eigenvalue weighted by Gasteiger charge is -2.43. The van der Waals surface area contributed by atoms with Crippen molar-refractivity contribution in [1.29, 1.82) is 0 Å². The second kappa shape index (κ2) is 11.5. The molecule has 33 heavy (non-hydrogen) atoms. The quantitative estimate of drug-likeness (QED) is 0.556. The third-order valence-electron chi connectivity index (χ3n) is 6.02. The monoisotopic (exact) mass is 471 g/mol. The Labute approximate surface area is 202 Å². The van der Waals surface area contributed by atoms with E-state index in [1.165, 1.54) is 0 Å². The van der Waals surface area contributed by atoms with Crippen LogP contribution in [-0.4, -0.2) is 73.9 Å². The fourth-order valence-electron chi connectivity index (χ4n) is 4.30. The third-order valence-corrected chi connectivity index (χ3v) is 6.26. The fourth-order valence-corrected chi connectivity index (χ4v) is 4.48. The minimum absolute atomic E-state index is 0.0513. The van der Waals surface area contributed by atoms with Crippen LogP contribution in [0.4, 0.5) is 0 Å². The zero-order chi connectivity index (χ0) is 23.8. The average molecular weight is 472 g/mol. The Morgan fingerprint density at radius 1 is 1.09 bits per heavy atom. The predicted molar refractivity (Wildman–Crippen MR) is 131 cm³/mol. The summed E-state index contributed by atoms with van der Waals surface area (Å²) in [5.74, 6) is 0.802. The van der Waals surface area contributed by atoms with E-state index in [0.717, 1.165) is 18.4 Å². The smallest absolute Gasteiger partial charge is 0.236 e. The number of likely N-dealkylation sites (N-methyl/N-ethyl adjacent to an activating group) is 1. The van der Waals surface area contributed by atoms with Gasteiger partial charge in [-0.25, -0.2) is 0 Å². The van der Waals surface area contributed by atoms with E-state index in [9.17, 15) is 9.59 Å². The zero-order valence-corrected chi connectivity index (χ0v) is 20.6. The molecule has 1 aliphatic rings. The van der Waals surface area contributed by atoms with Crippen LogP contribution >= 0.6 is 11.6 Å². The summed E-state index contributed by atoms with van der Waals surface area (Å²) < 4.78 is 6.13. The highest BCUT2D eigenvalue weighted by molar-refractivity contribution is 6.30. The van der Waals surface area contributed by atoms with Crippen molar-refractivity contribution in [2.45, 2.75) is 25.8 Å². The van der Waals surface area contributed by atoms with Crippen LogP contribution in [-0.2, 0) is 16.1 Å². The van der Waals surface area contributed by atoms with Crippen molar-refractivity contribution in [3.05, 3.63) is 65.2 Å². The Hall–Kier alpha value is -2.57. The minimum Gasteiger partial charge on any atom is -0.493 e. The molecule has 1 heterocycles. The maximum Gasteiger partial charge on any atom is 0.236 e. The molecule has 2 amide bonds. The maximum absolute atomic E-state index is 13.3. The van der Waals surface area contributed by atoms with Gasteiger partial charge in [0.25, 0.3) is 0 Å². The van der Waals surface area contributed by atoms with Gasteiger partial charge >= 0.3 is 0 Å². The summed E-state index contributed by atoms with van der Waals surface area (Å²) in [5.41, 5.74) is 0.633. The highest BCUT2D eigenvalue weighted by Gasteiger charge is 2.40. The lowest BCUT2D eigenvalue weighted by molar-refractivity contribution is -0.141. The van der Waals surface area contributed by atoms with Gasteiger partial charge in [-0.3, -0.25) is 9.59 Å². The van der Waals surface area contributed by atoms with Gasteiger partial charge in [-0.05, 0) is 50.7 Å². The van der Waals surface area contributed by atoms with Gasteiger partial charge in [0.2, 0.25) is 11.8 Å². The molecule has 3 rings (SSSR count). The van der Waals surface area contributed by atoms with Crippen molar-refractivity contribution < 1.29 is 14.3 Å². The number of piperidine rings is 1. The van der Waals surface area contributed by atoms with Crippen LogP contribution in [0.3, 0.4) is 0 Å². The predicted octanol–water partition coefficient (Wildman–Crippen LogP) is 3.94. The van der Waals surface area contributed by atoms with E-state index < -0.39 is 5.41 Å². The van der Waals surface area contributed by atoms with Gasteiger partial charge < -0.3 is 19.4 Å². The van der Waals surface area contributed by atoms with Crippen LogP contribution in [0.25, 0.3) is 0 Å². The van der Waals surface area contributed by atoms with Crippen molar-refractivity contribution >= 4 is 23.4 Å². The third kappa shape index (κ3) is 7.47. The van der Waals surface area contributed by atoms with Gasteiger partial charge in [0.1, 0.15) is 5.75 Å². The van der Waals surface area contributed by atoms with E-state index >= 15 is 0 Å². The van der Waals surface area contributed by atoms with Gasteiger partial charge in [-0.1, -0.05) is 48.0 Å². The summed E-state index contributed by atoms with van der Waals surface area (Å²) in [6.45, 7) is 2.47. The SMILES string of the molecule is CN(C)CC(=O)N1CCCC(COc2cccc(Cl)c2)(CC(=O)N(C)Cc2ccccc2)C1. The number of hydrogen-bond acceptors (Lipinski definition) is 4.